The Hall–Kier alpha value is -4.75. The van der Waals surface area contributed by atoms with E-state index in [1.54, 1.807) is 11.3 Å². The normalized spacial score (nSPS) is 8.93. The quantitative estimate of drug-likeness (QED) is 0.159. The van der Waals surface area contributed by atoms with Crippen LogP contribution < -0.4 is 0 Å². The van der Waals surface area contributed by atoms with Gasteiger partial charge in [-0.1, -0.05) is 199 Å². The fourth-order valence-electron chi connectivity index (χ4n) is 3.48. The molecule has 7 heteroatoms. The molecule has 0 aliphatic rings. The van der Waals surface area contributed by atoms with Crippen LogP contribution >= 0.6 is 11.3 Å². The van der Waals surface area contributed by atoms with Crippen LogP contribution in [0.1, 0.15) is 138 Å². The first kappa shape index (κ1) is 61.9. The van der Waals surface area contributed by atoms with Crippen LogP contribution in [-0.4, -0.2) is 25.1 Å². The molecule has 0 atom stereocenters. The number of rotatable bonds is 0. The highest BCUT2D eigenvalue weighted by Gasteiger charge is 1.92. The number of hydrogen-bond acceptors (Lipinski definition) is 5. The summed E-state index contributed by atoms with van der Waals surface area (Å²) in [6.07, 6.45) is 5.21. The Balaban J connectivity index is -0.000000299. The average molecular weight is 842 g/mol. The summed E-state index contributed by atoms with van der Waals surface area (Å²) in [6, 6.07) is 34.1. The molecule has 60 heavy (non-hydrogen) atoms. The van der Waals surface area contributed by atoms with Gasteiger partial charge in [-0.15, -0.1) is 11.3 Å². The maximum Gasteiger partial charge on any atom is 0.181 e. The topological polar surface area (TPSA) is 83.4 Å². The van der Waals surface area contributed by atoms with E-state index < -0.39 is 0 Å². The van der Waals surface area contributed by atoms with E-state index in [0.717, 1.165) is 51.2 Å². The number of aromatic nitrogens is 5. The number of thiazole rings is 1. The van der Waals surface area contributed by atoms with Crippen LogP contribution in [0.3, 0.4) is 0 Å². The van der Waals surface area contributed by atoms with Crippen molar-refractivity contribution in [1.29, 1.82) is 0 Å². The van der Waals surface area contributed by atoms with E-state index in [-0.39, 0.29) is 0 Å². The molecule has 336 valence electrons. The van der Waals surface area contributed by atoms with E-state index >= 15 is 0 Å². The predicted molar refractivity (Wildman–Crippen MR) is 275 cm³/mol. The van der Waals surface area contributed by atoms with Gasteiger partial charge in [-0.3, -0.25) is 5.10 Å². The van der Waals surface area contributed by atoms with E-state index in [1.165, 1.54) is 22.0 Å². The Kier molecular flexibility index (Phi) is 45.2. The first-order valence-corrected chi connectivity index (χ1v) is 23.1. The summed E-state index contributed by atoms with van der Waals surface area (Å²) in [7, 11) is 0. The number of para-hydroxylation sites is 5. The summed E-state index contributed by atoms with van der Waals surface area (Å²) in [4.78, 5) is 11.2. The Labute approximate surface area is 372 Å². The maximum atomic E-state index is 5.01. The third-order valence-corrected chi connectivity index (χ3v) is 6.10. The number of benzene rings is 4. The number of aromatic amines is 2. The van der Waals surface area contributed by atoms with Gasteiger partial charge >= 0.3 is 0 Å². The first-order chi connectivity index (χ1) is 28.8. The summed E-state index contributed by atoms with van der Waals surface area (Å²) >= 11 is 1.68. The highest BCUT2D eigenvalue weighted by atomic mass is 32.1. The van der Waals surface area contributed by atoms with Crippen LogP contribution in [0.2, 0.25) is 0 Å². The lowest BCUT2D eigenvalue weighted by atomic mass is 10.3. The van der Waals surface area contributed by atoms with E-state index in [4.69, 9.17) is 4.42 Å². The summed E-state index contributed by atoms with van der Waals surface area (Å²) in [5, 5.41) is 9.19. The van der Waals surface area contributed by atoms with E-state index in [0.29, 0.717) is 0 Å². The Bertz CT molecular complexity index is 1560. The summed E-state index contributed by atoms with van der Waals surface area (Å²) in [6.45, 7) is 42.0. The van der Waals surface area contributed by atoms with Crippen LogP contribution in [0.4, 0.5) is 0 Å². The van der Waals surface area contributed by atoms with Gasteiger partial charge in [-0.05, 0) is 71.5 Å². The largest absolute Gasteiger partial charge is 0.443 e. The van der Waals surface area contributed by atoms with Crippen LogP contribution in [-0.2, 0) is 0 Å². The molecule has 0 saturated carbocycles. The summed E-state index contributed by atoms with van der Waals surface area (Å²) in [5.41, 5.74) is 7.03. The minimum Gasteiger partial charge on any atom is -0.443 e. The van der Waals surface area contributed by atoms with Gasteiger partial charge < -0.3 is 9.40 Å². The molecule has 4 heterocycles. The van der Waals surface area contributed by atoms with Crippen molar-refractivity contribution in [3.63, 3.8) is 0 Å². The van der Waals surface area contributed by atoms with Crippen molar-refractivity contribution in [3.05, 3.63) is 127 Å². The third kappa shape index (κ3) is 36.3. The second kappa shape index (κ2) is 43.8. The number of nitrogens with one attached hydrogen (secondary N) is 2. The number of oxazole rings is 1. The SMILES string of the molecule is CC.CC.CC.CC.CC(C)C.CC(C)C.CC(C)C.CC(C)C.c1ccc2[nH]ccc2c1.c1ccc2[nH]ncc2c1.c1ccc2ocnc2c1.c1ccc2scnc2c1. The zero-order chi connectivity index (χ0) is 46.7. The Morgan fingerprint density at radius 1 is 0.467 bits per heavy atom. The molecule has 8 rings (SSSR count). The van der Waals surface area contributed by atoms with Crippen molar-refractivity contribution in [2.75, 3.05) is 0 Å². The van der Waals surface area contributed by atoms with E-state index in [9.17, 15) is 0 Å². The monoisotopic (exact) mass is 842 g/mol. The van der Waals surface area contributed by atoms with Gasteiger partial charge in [0.05, 0.1) is 27.4 Å². The molecular weight excluding hydrogens is 755 g/mol. The van der Waals surface area contributed by atoms with Gasteiger partial charge in [-0.25, -0.2) is 9.97 Å². The zero-order valence-corrected chi connectivity index (χ0v) is 42.4. The zero-order valence-electron chi connectivity index (χ0n) is 41.6. The van der Waals surface area contributed by atoms with Gasteiger partial charge in [-0.2, -0.15) is 5.10 Å². The lowest BCUT2D eigenvalue weighted by Gasteiger charge is -1.83. The number of hydrogen-bond donors (Lipinski definition) is 2. The van der Waals surface area contributed by atoms with Crippen molar-refractivity contribution in [2.45, 2.75) is 138 Å². The van der Waals surface area contributed by atoms with Crippen molar-refractivity contribution in [2.24, 2.45) is 23.7 Å². The van der Waals surface area contributed by atoms with Crippen LogP contribution in [0.15, 0.2) is 132 Å². The fourth-order valence-corrected chi connectivity index (χ4v) is 4.16. The second-order valence-electron chi connectivity index (χ2n) is 14.6. The van der Waals surface area contributed by atoms with Gasteiger partial charge in [0.15, 0.2) is 12.0 Å². The smallest absolute Gasteiger partial charge is 0.181 e. The van der Waals surface area contributed by atoms with Crippen molar-refractivity contribution >= 4 is 54.5 Å². The van der Waals surface area contributed by atoms with Gasteiger partial charge in [0.1, 0.15) is 5.52 Å². The molecule has 6 nitrogen and oxygen atoms in total. The molecule has 0 spiro atoms. The van der Waals surface area contributed by atoms with Crippen molar-refractivity contribution in [1.82, 2.24) is 25.1 Å². The number of nitrogens with zero attached hydrogens (tertiary/aromatic N) is 3. The lowest BCUT2D eigenvalue weighted by molar-refractivity contribution is 0.602. The molecule has 0 saturated heterocycles. The molecule has 0 aliphatic carbocycles. The molecule has 8 aromatic rings. The fraction of sp³-hybridized carbons (Fsp3) is 0.453. The van der Waals surface area contributed by atoms with Crippen LogP contribution in [0, 0.1) is 23.7 Å². The standard InChI is InChI=1S/C8H7N.C7H6N2.C7H5NO.C7H5NS.4C4H10.4C2H6/c1-2-4-8-7(3-1)5-6-9-8;1-2-4-7-6(3-1)5-8-9-7;2*1-2-4-7-6(3-1)8-5-9-7;4*1-4(2)3;4*1-2/h1-6,9H;1-5H,(H,8,9);2*1-5H;4*4H,1-3H3;4*1-2H3. The van der Waals surface area contributed by atoms with Gasteiger partial charge in [0.2, 0.25) is 0 Å². The van der Waals surface area contributed by atoms with E-state index in [2.05, 4.69) is 132 Å². The Morgan fingerprint density at radius 2 is 0.900 bits per heavy atom. The van der Waals surface area contributed by atoms with Crippen LogP contribution in [0.5, 0.6) is 0 Å². The Morgan fingerprint density at radius 3 is 1.38 bits per heavy atom. The van der Waals surface area contributed by atoms with E-state index in [1.807, 2.05) is 152 Å². The highest BCUT2D eigenvalue weighted by Crippen LogP contribution is 2.15. The average Bonchev–Trinajstić information content (AvgIpc) is 4.08. The minimum absolute atomic E-state index is 0.833. The minimum atomic E-state index is 0.833. The molecule has 4 aromatic carbocycles. The molecule has 2 N–H and O–H groups in total. The molecule has 0 radical (unpaired) electrons. The molecule has 0 amide bonds. The van der Waals surface area contributed by atoms with Gasteiger partial charge in [0.25, 0.3) is 0 Å². The number of fused-ring (bicyclic) bond motifs is 4. The number of H-pyrrole nitrogens is 2. The molecule has 0 aliphatic heterocycles. The maximum absolute atomic E-state index is 5.01. The molecule has 0 unspecified atom stereocenters. The highest BCUT2D eigenvalue weighted by molar-refractivity contribution is 7.16. The second-order valence-corrected chi connectivity index (χ2v) is 15.5. The lowest BCUT2D eigenvalue weighted by Crippen LogP contribution is -1.66. The molecule has 4 aromatic heterocycles. The van der Waals surface area contributed by atoms with Crippen molar-refractivity contribution in [3.8, 4) is 0 Å². The van der Waals surface area contributed by atoms with Gasteiger partial charge in [0, 0.05) is 17.1 Å². The summed E-state index contributed by atoms with van der Waals surface area (Å²) < 4.78 is 6.27. The first-order valence-electron chi connectivity index (χ1n) is 22.3. The predicted octanol–water partition coefficient (Wildman–Crippen LogP) is 18.6. The molecular formula is C53H87N5OS. The van der Waals surface area contributed by atoms with Crippen LogP contribution in [0.25, 0.3) is 43.1 Å². The molecule has 0 bridgehead atoms. The third-order valence-electron chi connectivity index (χ3n) is 5.29. The molecule has 0 fully saturated rings. The van der Waals surface area contributed by atoms with Crippen molar-refractivity contribution < 1.29 is 4.42 Å². The summed E-state index contributed by atoms with van der Waals surface area (Å²) in [5.74, 6) is 3.33.